The van der Waals surface area contributed by atoms with Crippen LogP contribution in [0.1, 0.15) is 12.2 Å². The number of benzene rings is 1. The van der Waals surface area contributed by atoms with Gasteiger partial charge in [0.25, 0.3) is 0 Å². The first-order valence-electron chi connectivity index (χ1n) is 6.06. The lowest BCUT2D eigenvalue weighted by Crippen LogP contribution is -2.20. The van der Waals surface area contributed by atoms with E-state index in [9.17, 15) is 0 Å². The van der Waals surface area contributed by atoms with Crippen LogP contribution < -0.4 is 10.2 Å². The summed E-state index contributed by atoms with van der Waals surface area (Å²) >= 11 is 0. The van der Waals surface area contributed by atoms with Gasteiger partial charge in [0.1, 0.15) is 0 Å². The van der Waals surface area contributed by atoms with E-state index in [4.69, 9.17) is 4.52 Å². The van der Waals surface area contributed by atoms with Gasteiger partial charge in [0.15, 0.2) is 5.82 Å². The van der Waals surface area contributed by atoms with Crippen molar-refractivity contribution in [3.8, 4) is 0 Å². The average Bonchev–Trinajstić information content (AvgIpc) is 2.81. The molecule has 5 nitrogen and oxygen atoms in total. The molecule has 1 aromatic carbocycles. The van der Waals surface area contributed by atoms with Gasteiger partial charge in [-0.05, 0) is 25.5 Å². The maximum Gasteiger partial charge on any atom is 0.321 e. The summed E-state index contributed by atoms with van der Waals surface area (Å²) in [7, 11) is 2.09. The molecule has 1 N–H and O–H groups in total. The third-order valence-electron chi connectivity index (χ3n) is 2.67. The first-order valence-corrected chi connectivity index (χ1v) is 6.06. The van der Waals surface area contributed by atoms with E-state index in [0.29, 0.717) is 11.8 Å². The van der Waals surface area contributed by atoms with Crippen molar-refractivity contribution in [3.05, 3.63) is 36.2 Å². The Hall–Kier alpha value is -2.04. The van der Waals surface area contributed by atoms with Crippen molar-refractivity contribution < 1.29 is 4.52 Å². The van der Waals surface area contributed by atoms with Crippen molar-refractivity contribution in [2.24, 2.45) is 0 Å². The zero-order valence-electron chi connectivity index (χ0n) is 10.8. The van der Waals surface area contributed by atoms with Crippen molar-refractivity contribution in [3.63, 3.8) is 0 Å². The van der Waals surface area contributed by atoms with Crippen LogP contribution in [0.2, 0.25) is 0 Å². The van der Waals surface area contributed by atoms with Gasteiger partial charge in [-0.3, -0.25) is 0 Å². The molecule has 0 radical (unpaired) electrons. The average molecular weight is 246 g/mol. The van der Waals surface area contributed by atoms with Crippen LogP contribution in [-0.4, -0.2) is 30.3 Å². The Morgan fingerprint density at radius 1 is 1.28 bits per heavy atom. The Bertz CT molecular complexity index is 469. The van der Waals surface area contributed by atoms with Crippen LogP contribution >= 0.6 is 0 Å². The van der Waals surface area contributed by atoms with Crippen molar-refractivity contribution in [1.29, 1.82) is 0 Å². The van der Waals surface area contributed by atoms with Crippen LogP contribution in [0.15, 0.2) is 34.9 Å². The van der Waals surface area contributed by atoms with E-state index in [1.165, 1.54) is 5.69 Å². The molecule has 0 aliphatic heterocycles. The zero-order chi connectivity index (χ0) is 12.8. The van der Waals surface area contributed by atoms with Crippen molar-refractivity contribution in [2.75, 3.05) is 30.4 Å². The summed E-state index contributed by atoms with van der Waals surface area (Å²) in [5.41, 5.74) is 1.23. The van der Waals surface area contributed by atoms with Crippen LogP contribution in [0.4, 0.5) is 11.7 Å². The van der Waals surface area contributed by atoms with E-state index in [0.717, 1.165) is 19.5 Å². The lowest BCUT2D eigenvalue weighted by Gasteiger charge is -2.18. The lowest BCUT2D eigenvalue weighted by atomic mass is 10.3. The molecule has 18 heavy (non-hydrogen) atoms. The summed E-state index contributed by atoms with van der Waals surface area (Å²) in [6.45, 7) is 3.60. The summed E-state index contributed by atoms with van der Waals surface area (Å²) in [5, 5.41) is 6.82. The molecular formula is C13H18N4O. The predicted molar refractivity (Wildman–Crippen MR) is 71.9 cm³/mol. The number of rotatable bonds is 6. The van der Waals surface area contributed by atoms with Gasteiger partial charge in [-0.2, -0.15) is 4.98 Å². The maximum absolute atomic E-state index is 4.97. The summed E-state index contributed by atoms with van der Waals surface area (Å²) < 4.78 is 4.97. The molecule has 0 aliphatic rings. The summed E-state index contributed by atoms with van der Waals surface area (Å²) in [6, 6.07) is 10.8. The maximum atomic E-state index is 4.97. The summed E-state index contributed by atoms with van der Waals surface area (Å²) in [6.07, 6.45) is 1.01. The number of para-hydroxylation sites is 1. The van der Waals surface area contributed by atoms with E-state index >= 15 is 0 Å². The molecule has 0 unspecified atom stereocenters. The topological polar surface area (TPSA) is 54.2 Å². The van der Waals surface area contributed by atoms with Crippen LogP contribution in [0.25, 0.3) is 0 Å². The first kappa shape index (κ1) is 12.4. The van der Waals surface area contributed by atoms with Gasteiger partial charge < -0.3 is 14.7 Å². The third-order valence-corrected chi connectivity index (χ3v) is 2.67. The number of aromatic nitrogens is 2. The van der Waals surface area contributed by atoms with E-state index in [2.05, 4.69) is 39.5 Å². The van der Waals surface area contributed by atoms with Crippen molar-refractivity contribution in [1.82, 2.24) is 10.1 Å². The molecule has 0 atom stereocenters. The van der Waals surface area contributed by atoms with E-state index in [1.807, 2.05) is 18.2 Å². The second-order valence-electron chi connectivity index (χ2n) is 4.18. The van der Waals surface area contributed by atoms with Gasteiger partial charge in [0, 0.05) is 25.8 Å². The second kappa shape index (κ2) is 6.05. The molecule has 0 spiro atoms. The van der Waals surface area contributed by atoms with Crippen molar-refractivity contribution in [2.45, 2.75) is 13.3 Å². The molecule has 0 saturated carbocycles. The van der Waals surface area contributed by atoms with Crippen LogP contribution in [0.5, 0.6) is 0 Å². The van der Waals surface area contributed by atoms with Gasteiger partial charge in [0.05, 0.1) is 0 Å². The first-order chi connectivity index (χ1) is 8.75. The molecule has 0 fully saturated rings. The summed E-state index contributed by atoms with van der Waals surface area (Å²) in [5.74, 6) is 0.652. The molecule has 2 rings (SSSR count). The molecule has 1 aromatic heterocycles. The Morgan fingerprint density at radius 2 is 2.06 bits per heavy atom. The highest BCUT2D eigenvalue weighted by Crippen LogP contribution is 2.11. The molecule has 0 saturated heterocycles. The Morgan fingerprint density at radius 3 is 2.72 bits per heavy atom. The summed E-state index contributed by atoms with van der Waals surface area (Å²) in [4.78, 5) is 6.31. The lowest BCUT2D eigenvalue weighted by molar-refractivity contribution is 0.425. The number of hydrogen-bond acceptors (Lipinski definition) is 5. The van der Waals surface area contributed by atoms with Gasteiger partial charge in [0.2, 0.25) is 0 Å². The number of nitrogens with zero attached hydrogens (tertiary/aromatic N) is 3. The molecule has 96 valence electrons. The van der Waals surface area contributed by atoms with Gasteiger partial charge in [-0.15, -0.1) is 0 Å². The SMILES string of the molecule is Cc1noc(NCCCN(C)c2ccccc2)n1. The van der Waals surface area contributed by atoms with Gasteiger partial charge >= 0.3 is 6.01 Å². The fraction of sp³-hybridized carbons (Fsp3) is 0.385. The molecule has 0 amide bonds. The molecule has 0 aliphatic carbocycles. The minimum absolute atomic E-state index is 0.495. The molecule has 1 heterocycles. The zero-order valence-corrected chi connectivity index (χ0v) is 10.8. The highest BCUT2D eigenvalue weighted by Gasteiger charge is 2.02. The molecular weight excluding hydrogens is 228 g/mol. The van der Waals surface area contributed by atoms with E-state index in [-0.39, 0.29) is 0 Å². The number of hydrogen-bond donors (Lipinski definition) is 1. The van der Waals surface area contributed by atoms with E-state index in [1.54, 1.807) is 6.92 Å². The minimum Gasteiger partial charge on any atom is -0.375 e. The Labute approximate surface area is 107 Å². The smallest absolute Gasteiger partial charge is 0.321 e. The van der Waals surface area contributed by atoms with Gasteiger partial charge in [-0.1, -0.05) is 23.4 Å². The fourth-order valence-electron chi connectivity index (χ4n) is 1.69. The number of aryl methyl sites for hydroxylation is 1. The second-order valence-corrected chi connectivity index (χ2v) is 4.18. The third kappa shape index (κ3) is 3.48. The minimum atomic E-state index is 0.495. The monoisotopic (exact) mass is 246 g/mol. The van der Waals surface area contributed by atoms with E-state index < -0.39 is 0 Å². The normalized spacial score (nSPS) is 10.3. The Balaban J connectivity index is 1.69. The Kier molecular flexibility index (Phi) is 4.17. The molecule has 2 aromatic rings. The standard InChI is InChI=1S/C13H18N4O/c1-11-15-13(18-16-11)14-9-6-10-17(2)12-7-4-3-5-8-12/h3-5,7-8H,6,9-10H2,1-2H3,(H,14,15,16). The molecule has 0 bridgehead atoms. The number of anilines is 2. The highest BCUT2D eigenvalue weighted by atomic mass is 16.5. The fourth-order valence-corrected chi connectivity index (χ4v) is 1.69. The largest absolute Gasteiger partial charge is 0.375 e. The predicted octanol–water partition coefficient (Wildman–Crippen LogP) is 2.32. The van der Waals surface area contributed by atoms with Crippen LogP contribution in [0.3, 0.4) is 0 Å². The quantitative estimate of drug-likeness (QED) is 0.793. The van der Waals surface area contributed by atoms with Crippen LogP contribution in [-0.2, 0) is 0 Å². The van der Waals surface area contributed by atoms with Crippen molar-refractivity contribution >= 4 is 11.7 Å². The highest BCUT2D eigenvalue weighted by molar-refractivity contribution is 5.44. The molecule has 5 heteroatoms. The van der Waals surface area contributed by atoms with Crippen LogP contribution in [0, 0.1) is 6.92 Å². The number of nitrogens with one attached hydrogen (secondary N) is 1. The van der Waals surface area contributed by atoms with Gasteiger partial charge in [-0.25, -0.2) is 0 Å².